The van der Waals surface area contributed by atoms with Crippen LogP contribution in [0.15, 0.2) is 41.2 Å². The van der Waals surface area contributed by atoms with E-state index in [4.69, 9.17) is 15.0 Å². The van der Waals surface area contributed by atoms with Gasteiger partial charge in [0.1, 0.15) is 23.7 Å². The Labute approximate surface area is 138 Å². The van der Waals surface area contributed by atoms with Crippen LogP contribution in [0.5, 0.6) is 5.75 Å². The van der Waals surface area contributed by atoms with E-state index in [0.29, 0.717) is 35.9 Å². The molecule has 0 spiro atoms. The normalized spacial score (nSPS) is 10.6. The SMILES string of the molecule is Cc1oncc1C(=O)Nc1ccc(OCCN)c(-c2ccn[nH]2)c1. The van der Waals surface area contributed by atoms with Crippen LogP contribution in [0.3, 0.4) is 0 Å². The number of hydrogen-bond acceptors (Lipinski definition) is 6. The molecule has 1 aromatic carbocycles. The molecule has 0 atom stereocenters. The lowest BCUT2D eigenvalue weighted by atomic mass is 10.1. The minimum atomic E-state index is -0.292. The van der Waals surface area contributed by atoms with Gasteiger partial charge in [-0.05, 0) is 31.2 Å². The standard InChI is InChI=1S/C16H17N5O3/c1-10-13(9-19-24-10)16(22)20-11-2-3-15(23-7-5-17)12(8-11)14-4-6-18-21-14/h2-4,6,8-9H,5,7,17H2,1H3,(H,18,21)(H,20,22). The molecule has 1 amide bonds. The van der Waals surface area contributed by atoms with Crippen LogP contribution < -0.4 is 15.8 Å². The summed E-state index contributed by atoms with van der Waals surface area (Å²) < 4.78 is 10.6. The lowest BCUT2D eigenvalue weighted by molar-refractivity contribution is 0.102. The zero-order valence-electron chi connectivity index (χ0n) is 13.1. The van der Waals surface area contributed by atoms with Gasteiger partial charge in [-0.25, -0.2) is 0 Å². The molecule has 0 aliphatic heterocycles. The van der Waals surface area contributed by atoms with Crippen LogP contribution in [0.2, 0.25) is 0 Å². The highest BCUT2D eigenvalue weighted by Gasteiger charge is 2.15. The second-order valence-corrected chi connectivity index (χ2v) is 5.07. The Balaban J connectivity index is 1.88. The first-order valence-corrected chi connectivity index (χ1v) is 7.38. The number of amides is 1. The Hall–Kier alpha value is -3.13. The number of H-pyrrole nitrogens is 1. The molecule has 0 fully saturated rings. The number of nitrogens with one attached hydrogen (secondary N) is 2. The summed E-state index contributed by atoms with van der Waals surface area (Å²) in [5.41, 5.74) is 8.05. The van der Waals surface area contributed by atoms with Gasteiger partial charge in [-0.2, -0.15) is 5.10 Å². The summed E-state index contributed by atoms with van der Waals surface area (Å²) in [5.74, 6) is 0.827. The number of hydrogen-bond donors (Lipinski definition) is 3. The summed E-state index contributed by atoms with van der Waals surface area (Å²) in [6, 6.07) is 7.16. The molecular weight excluding hydrogens is 310 g/mol. The van der Waals surface area contributed by atoms with Gasteiger partial charge in [0, 0.05) is 24.0 Å². The fourth-order valence-corrected chi connectivity index (χ4v) is 2.23. The van der Waals surface area contributed by atoms with E-state index in [1.165, 1.54) is 6.20 Å². The molecule has 0 saturated carbocycles. The fourth-order valence-electron chi connectivity index (χ4n) is 2.23. The zero-order valence-corrected chi connectivity index (χ0v) is 13.1. The van der Waals surface area contributed by atoms with Crippen molar-refractivity contribution in [2.75, 3.05) is 18.5 Å². The Morgan fingerprint density at radius 1 is 1.42 bits per heavy atom. The molecule has 0 bridgehead atoms. The number of benzene rings is 1. The third-order valence-electron chi connectivity index (χ3n) is 3.40. The van der Waals surface area contributed by atoms with Crippen LogP contribution in [-0.4, -0.2) is 34.4 Å². The van der Waals surface area contributed by atoms with Crippen molar-refractivity contribution in [1.82, 2.24) is 15.4 Å². The molecule has 0 aliphatic rings. The Morgan fingerprint density at radius 3 is 2.96 bits per heavy atom. The van der Waals surface area contributed by atoms with Crippen LogP contribution in [-0.2, 0) is 0 Å². The fraction of sp³-hybridized carbons (Fsp3) is 0.188. The van der Waals surface area contributed by atoms with Crippen molar-refractivity contribution in [2.24, 2.45) is 5.73 Å². The van der Waals surface area contributed by atoms with Crippen LogP contribution in [0.4, 0.5) is 5.69 Å². The highest BCUT2D eigenvalue weighted by molar-refractivity contribution is 6.05. The molecule has 0 aliphatic carbocycles. The molecule has 3 rings (SSSR count). The molecule has 2 aromatic heterocycles. The van der Waals surface area contributed by atoms with Crippen molar-refractivity contribution in [3.8, 4) is 17.0 Å². The Bertz CT molecular complexity index is 826. The molecule has 24 heavy (non-hydrogen) atoms. The van der Waals surface area contributed by atoms with Gasteiger partial charge in [0.15, 0.2) is 0 Å². The highest BCUT2D eigenvalue weighted by Crippen LogP contribution is 2.31. The van der Waals surface area contributed by atoms with E-state index in [2.05, 4.69) is 20.7 Å². The lowest BCUT2D eigenvalue weighted by Crippen LogP contribution is -2.13. The Morgan fingerprint density at radius 2 is 2.29 bits per heavy atom. The lowest BCUT2D eigenvalue weighted by Gasteiger charge is -2.12. The van der Waals surface area contributed by atoms with Gasteiger partial charge < -0.3 is 20.3 Å². The molecule has 4 N–H and O–H groups in total. The molecule has 3 aromatic rings. The smallest absolute Gasteiger partial charge is 0.260 e. The molecule has 0 saturated heterocycles. The second-order valence-electron chi connectivity index (χ2n) is 5.07. The van der Waals surface area contributed by atoms with Gasteiger partial charge in [-0.3, -0.25) is 9.89 Å². The maximum Gasteiger partial charge on any atom is 0.260 e. The van der Waals surface area contributed by atoms with Gasteiger partial charge >= 0.3 is 0 Å². The van der Waals surface area contributed by atoms with Crippen LogP contribution in [0.25, 0.3) is 11.3 Å². The number of carbonyl (C=O) groups excluding carboxylic acids is 1. The Kier molecular flexibility index (Phi) is 4.57. The molecule has 2 heterocycles. The van der Waals surface area contributed by atoms with Crippen molar-refractivity contribution >= 4 is 11.6 Å². The van der Waals surface area contributed by atoms with Gasteiger partial charge in [0.05, 0.1) is 11.9 Å². The number of aromatic amines is 1. The number of aromatic nitrogens is 3. The number of rotatable bonds is 6. The van der Waals surface area contributed by atoms with Gasteiger partial charge in [-0.15, -0.1) is 0 Å². The maximum atomic E-state index is 12.3. The number of nitrogens with zero attached hydrogens (tertiary/aromatic N) is 2. The van der Waals surface area contributed by atoms with Crippen LogP contribution in [0, 0.1) is 6.92 Å². The third-order valence-corrected chi connectivity index (χ3v) is 3.40. The summed E-state index contributed by atoms with van der Waals surface area (Å²) in [5, 5.41) is 13.3. The summed E-state index contributed by atoms with van der Waals surface area (Å²) in [6.07, 6.45) is 3.03. The first-order valence-electron chi connectivity index (χ1n) is 7.38. The van der Waals surface area contributed by atoms with E-state index in [-0.39, 0.29) is 5.91 Å². The minimum Gasteiger partial charge on any atom is -0.492 e. The number of anilines is 1. The predicted octanol–water partition coefficient (Wildman–Crippen LogP) is 1.96. The number of carbonyl (C=O) groups is 1. The molecule has 0 unspecified atom stereocenters. The third kappa shape index (κ3) is 3.28. The summed E-state index contributed by atoms with van der Waals surface area (Å²) in [4.78, 5) is 12.3. The van der Waals surface area contributed by atoms with Crippen molar-refractivity contribution in [3.63, 3.8) is 0 Å². The first kappa shape index (κ1) is 15.8. The van der Waals surface area contributed by atoms with Crippen LogP contribution in [0.1, 0.15) is 16.1 Å². The van der Waals surface area contributed by atoms with Crippen molar-refractivity contribution in [3.05, 3.63) is 48.0 Å². The van der Waals surface area contributed by atoms with Gasteiger partial charge in [0.25, 0.3) is 5.91 Å². The maximum absolute atomic E-state index is 12.3. The number of ether oxygens (including phenoxy) is 1. The van der Waals surface area contributed by atoms with Gasteiger partial charge in [-0.1, -0.05) is 5.16 Å². The average molecular weight is 327 g/mol. The second kappa shape index (κ2) is 6.97. The molecule has 124 valence electrons. The topological polar surface area (TPSA) is 119 Å². The van der Waals surface area contributed by atoms with E-state index in [1.54, 1.807) is 31.3 Å². The average Bonchev–Trinajstić information content (AvgIpc) is 3.25. The molecule has 8 heteroatoms. The summed E-state index contributed by atoms with van der Waals surface area (Å²) in [7, 11) is 0. The van der Waals surface area contributed by atoms with Crippen molar-refractivity contribution in [2.45, 2.75) is 6.92 Å². The zero-order chi connectivity index (χ0) is 16.9. The number of aryl methyl sites for hydroxylation is 1. The monoisotopic (exact) mass is 327 g/mol. The first-order chi connectivity index (χ1) is 11.7. The van der Waals surface area contributed by atoms with E-state index in [9.17, 15) is 4.79 Å². The molecule has 8 nitrogen and oxygen atoms in total. The van der Waals surface area contributed by atoms with E-state index >= 15 is 0 Å². The highest BCUT2D eigenvalue weighted by atomic mass is 16.5. The molecule has 0 radical (unpaired) electrons. The largest absolute Gasteiger partial charge is 0.492 e. The van der Waals surface area contributed by atoms with E-state index in [1.807, 2.05) is 6.07 Å². The predicted molar refractivity (Wildman–Crippen MR) is 87.8 cm³/mol. The van der Waals surface area contributed by atoms with E-state index < -0.39 is 0 Å². The molecular formula is C16H17N5O3. The quantitative estimate of drug-likeness (QED) is 0.637. The summed E-state index contributed by atoms with van der Waals surface area (Å²) >= 11 is 0. The van der Waals surface area contributed by atoms with Crippen molar-refractivity contribution in [1.29, 1.82) is 0 Å². The van der Waals surface area contributed by atoms with Crippen LogP contribution >= 0.6 is 0 Å². The number of nitrogens with two attached hydrogens (primary N) is 1. The summed E-state index contributed by atoms with van der Waals surface area (Å²) in [6.45, 7) is 2.49. The van der Waals surface area contributed by atoms with E-state index in [0.717, 1.165) is 11.3 Å². The minimum absolute atomic E-state index is 0.292. The van der Waals surface area contributed by atoms with Crippen molar-refractivity contribution < 1.29 is 14.1 Å². The van der Waals surface area contributed by atoms with Gasteiger partial charge in [0.2, 0.25) is 0 Å².